The molecule has 6 heteroatoms. The van der Waals surface area contributed by atoms with Crippen LogP contribution in [0.4, 0.5) is 0 Å². The minimum absolute atomic E-state index is 0.161. The average Bonchev–Trinajstić information content (AvgIpc) is 2.59. The Balaban J connectivity index is 1.65. The quantitative estimate of drug-likeness (QED) is 0.663. The highest BCUT2D eigenvalue weighted by Gasteiger charge is 2.27. The lowest BCUT2D eigenvalue weighted by atomic mass is 10.1. The molecule has 0 aromatic heterocycles. The third-order valence-electron chi connectivity index (χ3n) is 3.38. The number of ether oxygens (including phenoxy) is 2. The van der Waals surface area contributed by atoms with E-state index >= 15 is 0 Å². The lowest BCUT2D eigenvalue weighted by molar-refractivity contribution is -0.130. The van der Waals surface area contributed by atoms with E-state index in [9.17, 15) is 4.79 Å². The van der Waals surface area contributed by atoms with Crippen molar-refractivity contribution < 1.29 is 14.3 Å². The molecule has 0 saturated heterocycles. The van der Waals surface area contributed by atoms with Crippen molar-refractivity contribution in [3.63, 3.8) is 0 Å². The Bertz CT molecular complexity index is 761. The van der Waals surface area contributed by atoms with Crippen LogP contribution >= 0.6 is 15.9 Å². The molecule has 0 aliphatic carbocycles. The van der Waals surface area contributed by atoms with Crippen LogP contribution in [0.5, 0.6) is 11.5 Å². The van der Waals surface area contributed by atoms with Gasteiger partial charge in [-0.3, -0.25) is 4.79 Å². The minimum atomic E-state index is -0.719. The lowest BCUT2D eigenvalue weighted by Crippen LogP contribution is -2.42. The number of carbonyl (C=O) groups is 1. The van der Waals surface area contributed by atoms with Gasteiger partial charge in [0, 0.05) is 4.47 Å². The molecule has 0 bridgehead atoms. The molecule has 118 valence electrons. The van der Waals surface area contributed by atoms with E-state index in [1.807, 2.05) is 43.3 Å². The van der Waals surface area contributed by atoms with Gasteiger partial charge in [-0.05, 0) is 36.8 Å². The van der Waals surface area contributed by atoms with Gasteiger partial charge in [-0.15, -0.1) is 0 Å². The fourth-order valence-corrected chi connectivity index (χ4v) is 2.54. The zero-order valence-corrected chi connectivity index (χ0v) is 14.0. The Morgan fingerprint density at radius 2 is 2.00 bits per heavy atom. The van der Waals surface area contributed by atoms with Gasteiger partial charge in [-0.25, -0.2) is 5.43 Å². The standard InChI is InChI=1S/C17H15BrN2O3/c1-11(12-5-4-6-13(18)9-12)19-20-17(21)16-10-22-14-7-2-3-8-15(14)23-16/h2-9,16H,10H2,1H3,(H,20,21)/b19-11-/t16-/m1/s1. The highest BCUT2D eigenvalue weighted by Crippen LogP contribution is 2.30. The summed E-state index contributed by atoms with van der Waals surface area (Å²) in [6.07, 6.45) is -0.719. The molecular formula is C17H15BrN2O3. The van der Waals surface area contributed by atoms with Crippen LogP contribution in [0.1, 0.15) is 12.5 Å². The van der Waals surface area contributed by atoms with Crippen molar-refractivity contribution >= 4 is 27.5 Å². The third-order valence-corrected chi connectivity index (χ3v) is 3.87. The smallest absolute Gasteiger partial charge is 0.284 e. The summed E-state index contributed by atoms with van der Waals surface area (Å²) in [5.41, 5.74) is 4.16. The maximum Gasteiger partial charge on any atom is 0.284 e. The maximum absolute atomic E-state index is 12.2. The molecule has 1 atom stereocenters. The Morgan fingerprint density at radius 1 is 1.22 bits per heavy atom. The zero-order chi connectivity index (χ0) is 16.2. The Kier molecular flexibility index (Phi) is 4.62. The molecule has 1 N–H and O–H groups in total. The summed E-state index contributed by atoms with van der Waals surface area (Å²) in [6.45, 7) is 1.99. The van der Waals surface area contributed by atoms with Crippen LogP contribution in [0.3, 0.4) is 0 Å². The predicted molar refractivity (Wildman–Crippen MR) is 90.8 cm³/mol. The predicted octanol–water partition coefficient (Wildman–Crippen LogP) is 3.13. The second kappa shape index (κ2) is 6.83. The van der Waals surface area contributed by atoms with Crippen molar-refractivity contribution in [3.8, 4) is 11.5 Å². The molecule has 0 radical (unpaired) electrons. The van der Waals surface area contributed by atoms with Crippen molar-refractivity contribution in [2.75, 3.05) is 6.61 Å². The number of carbonyl (C=O) groups excluding carboxylic acids is 1. The van der Waals surface area contributed by atoms with E-state index in [1.54, 1.807) is 12.1 Å². The topological polar surface area (TPSA) is 59.9 Å². The summed E-state index contributed by atoms with van der Waals surface area (Å²) < 4.78 is 12.1. The summed E-state index contributed by atoms with van der Waals surface area (Å²) in [4.78, 5) is 12.2. The zero-order valence-electron chi connectivity index (χ0n) is 12.5. The first kappa shape index (κ1) is 15.6. The molecule has 1 amide bonds. The summed E-state index contributed by atoms with van der Waals surface area (Å²) >= 11 is 3.41. The van der Waals surface area contributed by atoms with Gasteiger partial charge in [-0.2, -0.15) is 5.10 Å². The summed E-state index contributed by atoms with van der Waals surface area (Å²) in [7, 11) is 0. The first-order valence-electron chi connectivity index (χ1n) is 7.12. The van der Waals surface area contributed by atoms with E-state index in [-0.39, 0.29) is 12.5 Å². The molecule has 0 unspecified atom stereocenters. The van der Waals surface area contributed by atoms with E-state index in [0.29, 0.717) is 17.2 Å². The van der Waals surface area contributed by atoms with E-state index in [0.717, 1.165) is 10.0 Å². The molecular weight excluding hydrogens is 360 g/mol. The number of para-hydroxylation sites is 2. The molecule has 0 saturated carbocycles. The first-order chi connectivity index (χ1) is 11.1. The van der Waals surface area contributed by atoms with Gasteiger partial charge in [0.15, 0.2) is 11.5 Å². The van der Waals surface area contributed by atoms with Crippen LogP contribution in [0.15, 0.2) is 58.1 Å². The maximum atomic E-state index is 12.2. The van der Waals surface area contributed by atoms with Gasteiger partial charge >= 0.3 is 0 Å². The van der Waals surface area contributed by atoms with Crippen LogP contribution in [0.25, 0.3) is 0 Å². The van der Waals surface area contributed by atoms with Gasteiger partial charge in [0.05, 0.1) is 5.71 Å². The van der Waals surface area contributed by atoms with Gasteiger partial charge in [0.25, 0.3) is 5.91 Å². The van der Waals surface area contributed by atoms with E-state index in [1.165, 1.54) is 0 Å². The van der Waals surface area contributed by atoms with Gasteiger partial charge in [0.2, 0.25) is 6.10 Å². The number of hydrazone groups is 1. The number of nitrogens with one attached hydrogen (secondary N) is 1. The number of fused-ring (bicyclic) bond motifs is 1. The first-order valence-corrected chi connectivity index (χ1v) is 7.91. The second-order valence-corrected chi connectivity index (χ2v) is 5.96. The van der Waals surface area contributed by atoms with Crippen LogP contribution in [-0.2, 0) is 4.79 Å². The molecule has 0 fully saturated rings. The van der Waals surface area contributed by atoms with Gasteiger partial charge in [0.1, 0.15) is 6.61 Å². The minimum Gasteiger partial charge on any atom is -0.485 e. The molecule has 2 aromatic rings. The van der Waals surface area contributed by atoms with Crippen molar-refractivity contribution in [1.29, 1.82) is 0 Å². The van der Waals surface area contributed by atoms with Crippen LogP contribution in [0.2, 0.25) is 0 Å². The van der Waals surface area contributed by atoms with Crippen molar-refractivity contribution in [1.82, 2.24) is 5.43 Å². The Morgan fingerprint density at radius 3 is 2.78 bits per heavy atom. The molecule has 1 aliphatic rings. The van der Waals surface area contributed by atoms with E-state index in [4.69, 9.17) is 9.47 Å². The number of benzene rings is 2. The Hall–Kier alpha value is -2.34. The molecule has 0 spiro atoms. The lowest BCUT2D eigenvalue weighted by Gasteiger charge is -2.24. The number of hydrogen-bond donors (Lipinski definition) is 1. The molecule has 5 nitrogen and oxygen atoms in total. The van der Waals surface area contributed by atoms with Crippen molar-refractivity contribution in [2.24, 2.45) is 5.10 Å². The fraction of sp³-hybridized carbons (Fsp3) is 0.176. The van der Waals surface area contributed by atoms with Crippen LogP contribution < -0.4 is 14.9 Å². The summed E-state index contributed by atoms with van der Waals surface area (Å²) in [6, 6.07) is 15.0. The molecule has 2 aromatic carbocycles. The van der Waals surface area contributed by atoms with Crippen LogP contribution in [-0.4, -0.2) is 24.3 Å². The SMILES string of the molecule is C/C(=N/NC(=O)[C@H]1COc2ccccc2O1)c1cccc(Br)c1. The number of nitrogens with zero attached hydrogens (tertiary/aromatic N) is 1. The van der Waals surface area contributed by atoms with Gasteiger partial charge in [-0.1, -0.05) is 40.2 Å². The van der Waals surface area contributed by atoms with Crippen LogP contribution in [0, 0.1) is 0 Å². The number of hydrogen-bond acceptors (Lipinski definition) is 4. The number of rotatable bonds is 3. The second-order valence-electron chi connectivity index (χ2n) is 5.05. The van der Waals surface area contributed by atoms with Crippen molar-refractivity contribution in [3.05, 3.63) is 58.6 Å². The highest BCUT2D eigenvalue weighted by atomic mass is 79.9. The molecule has 1 heterocycles. The van der Waals surface area contributed by atoms with E-state index < -0.39 is 6.10 Å². The largest absolute Gasteiger partial charge is 0.485 e. The fourth-order valence-electron chi connectivity index (χ4n) is 2.14. The number of halogens is 1. The molecule has 3 rings (SSSR count). The summed E-state index contributed by atoms with van der Waals surface area (Å²) in [5, 5.41) is 4.13. The van der Waals surface area contributed by atoms with Crippen molar-refractivity contribution in [2.45, 2.75) is 13.0 Å². The Labute approximate surface area is 142 Å². The van der Waals surface area contributed by atoms with Gasteiger partial charge < -0.3 is 9.47 Å². The third kappa shape index (κ3) is 3.71. The molecule has 1 aliphatic heterocycles. The monoisotopic (exact) mass is 374 g/mol. The average molecular weight is 375 g/mol. The molecule has 23 heavy (non-hydrogen) atoms. The number of amides is 1. The highest BCUT2D eigenvalue weighted by molar-refractivity contribution is 9.10. The normalized spacial score (nSPS) is 16.8. The summed E-state index contributed by atoms with van der Waals surface area (Å²) in [5.74, 6) is 0.866. The van der Waals surface area contributed by atoms with E-state index in [2.05, 4.69) is 26.5 Å².